The molecule has 32 heavy (non-hydrogen) atoms. The Hall–Kier alpha value is -2.73. The van der Waals surface area contributed by atoms with E-state index in [4.69, 9.17) is 0 Å². The Labute approximate surface area is 190 Å². The lowest BCUT2D eigenvalue weighted by Crippen LogP contribution is -2.44. The zero-order chi connectivity index (χ0) is 22.3. The Morgan fingerprint density at radius 2 is 1.81 bits per heavy atom. The van der Waals surface area contributed by atoms with Crippen molar-refractivity contribution in [3.8, 4) is 0 Å². The summed E-state index contributed by atoms with van der Waals surface area (Å²) in [7, 11) is 0. The third kappa shape index (κ3) is 5.94. The average molecular weight is 435 g/mol. The minimum absolute atomic E-state index is 0.140. The molecule has 4 rings (SSSR count). The van der Waals surface area contributed by atoms with Crippen LogP contribution in [0, 0.1) is 12.8 Å². The van der Waals surface area contributed by atoms with Crippen molar-refractivity contribution in [3.05, 3.63) is 59.4 Å². The molecule has 2 N–H and O–H groups in total. The molecule has 0 bridgehead atoms. The SMILES string of the molecule is Cc1ncccc1C(=O)Nc1cccc(CN2CCC(C(=O)NC3CCCCC3)CC2)c1. The maximum absolute atomic E-state index is 12.6. The number of carbonyl (C=O) groups is 2. The lowest BCUT2D eigenvalue weighted by molar-refractivity contribution is -0.127. The van der Waals surface area contributed by atoms with Crippen molar-refractivity contribution in [2.75, 3.05) is 18.4 Å². The molecule has 2 aliphatic rings. The van der Waals surface area contributed by atoms with Crippen LogP contribution in [0.25, 0.3) is 0 Å². The first-order valence-corrected chi connectivity index (χ1v) is 11.9. The van der Waals surface area contributed by atoms with Crippen molar-refractivity contribution < 1.29 is 9.59 Å². The van der Waals surface area contributed by atoms with Crippen LogP contribution in [0.15, 0.2) is 42.6 Å². The Bertz CT molecular complexity index is 931. The van der Waals surface area contributed by atoms with Crippen molar-refractivity contribution in [2.24, 2.45) is 5.92 Å². The minimum atomic E-state index is -0.141. The molecule has 2 heterocycles. The number of nitrogens with zero attached hydrogens (tertiary/aromatic N) is 2. The third-order valence-corrected chi connectivity index (χ3v) is 6.75. The number of piperidine rings is 1. The molecule has 2 amide bonds. The number of benzene rings is 1. The van der Waals surface area contributed by atoms with E-state index in [1.165, 1.54) is 19.3 Å². The highest BCUT2D eigenvalue weighted by Gasteiger charge is 2.27. The fraction of sp³-hybridized carbons (Fsp3) is 0.500. The first-order chi connectivity index (χ1) is 15.6. The largest absolute Gasteiger partial charge is 0.353 e. The van der Waals surface area contributed by atoms with E-state index in [2.05, 4.69) is 26.6 Å². The minimum Gasteiger partial charge on any atom is -0.353 e. The maximum Gasteiger partial charge on any atom is 0.257 e. The molecule has 0 radical (unpaired) electrons. The number of carbonyl (C=O) groups excluding carboxylic acids is 2. The van der Waals surface area contributed by atoms with E-state index in [1.54, 1.807) is 18.3 Å². The van der Waals surface area contributed by atoms with Gasteiger partial charge in [0.2, 0.25) is 5.91 Å². The number of aromatic nitrogens is 1. The zero-order valence-corrected chi connectivity index (χ0v) is 19.0. The Morgan fingerprint density at radius 3 is 2.56 bits per heavy atom. The quantitative estimate of drug-likeness (QED) is 0.711. The van der Waals surface area contributed by atoms with E-state index in [0.29, 0.717) is 11.6 Å². The van der Waals surface area contributed by atoms with Crippen molar-refractivity contribution in [1.82, 2.24) is 15.2 Å². The lowest BCUT2D eigenvalue weighted by Gasteiger charge is -2.32. The summed E-state index contributed by atoms with van der Waals surface area (Å²) < 4.78 is 0. The number of aryl methyl sites for hydroxylation is 1. The molecule has 0 spiro atoms. The second kappa shape index (κ2) is 10.7. The number of nitrogens with one attached hydrogen (secondary N) is 2. The van der Waals surface area contributed by atoms with Crippen molar-refractivity contribution >= 4 is 17.5 Å². The number of rotatable bonds is 6. The van der Waals surface area contributed by atoms with Crippen LogP contribution in [0.2, 0.25) is 0 Å². The molecule has 2 aromatic rings. The molecule has 1 saturated carbocycles. The van der Waals surface area contributed by atoms with Gasteiger partial charge in [0, 0.05) is 36.1 Å². The smallest absolute Gasteiger partial charge is 0.257 e. The second-order valence-corrected chi connectivity index (χ2v) is 9.18. The summed E-state index contributed by atoms with van der Waals surface area (Å²) in [5.74, 6) is 0.256. The molecule has 6 heteroatoms. The van der Waals surface area contributed by atoms with Crippen LogP contribution in [0.1, 0.15) is 66.6 Å². The highest BCUT2D eigenvalue weighted by atomic mass is 16.2. The van der Waals surface area contributed by atoms with Gasteiger partial charge in [0.1, 0.15) is 0 Å². The van der Waals surface area contributed by atoms with E-state index >= 15 is 0 Å². The normalized spacial score (nSPS) is 18.3. The van der Waals surface area contributed by atoms with Crippen molar-refractivity contribution in [1.29, 1.82) is 0 Å². The summed E-state index contributed by atoms with van der Waals surface area (Å²) in [4.78, 5) is 31.8. The topological polar surface area (TPSA) is 74.3 Å². The van der Waals surface area contributed by atoms with Gasteiger partial charge in [0.15, 0.2) is 0 Å². The molecular formula is C26H34N4O2. The summed E-state index contributed by atoms with van der Waals surface area (Å²) in [6.07, 6.45) is 9.57. The molecule has 1 aliphatic carbocycles. The van der Waals surface area contributed by atoms with E-state index in [-0.39, 0.29) is 17.7 Å². The number of hydrogen-bond acceptors (Lipinski definition) is 4. The van der Waals surface area contributed by atoms with Gasteiger partial charge in [0.05, 0.1) is 5.56 Å². The molecule has 0 unspecified atom stereocenters. The third-order valence-electron chi connectivity index (χ3n) is 6.75. The van der Waals surface area contributed by atoms with Crippen LogP contribution in [-0.4, -0.2) is 40.8 Å². The van der Waals surface area contributed by atoms with Crippen LogP contribution < -0.4 is 10.6 Å². The molecule has 170 valence electrons. The molecule has 1 aromatic carbocycles. The number of amides is 2. The van der Waals surface area contributed by atoms with Gasteiger partial charge in [-0.3, -0.25) is 19.5 Å². The van der Waals surface area contributed by atoms with Crippen LogP contribution in [0.5, 0.6) is 0 Å². The van der Waals surface area contributed by atoms with E-state index < -0.39 is 0 Å². The summed E-state index contributed by atoms with van der Waals surface area (Å²) in [6, 6.07) is 12.0. The first-order valence-electron chi connectivity index (χ1n) is 11.9. The molecule has 0 atom stereocenters. The van der Waals surface area contributed by atoms with Crippen molar-refractivity contribution in [2.45, 2.75) is 64.5 Å². The van der Waals surface area contributed by atoms with E-state index in [9.17, 15) is 9.59 Å². The average Bonchev–Trinajstić information content (AvgIpc) is 2.81. The van der Waals surface area contributed by atoms with Crippen LogP contribution in [0.4, 0.5) is 5.69 Å². The van der Waals surface area contributed by atoms with Crippen LogP contribution in [-0.2, 0) is 11.3 Å². The van der Waals surface area contributed by atoms with E-state index in [0.717, 1.165) is 62.3 Å². The number of pyridine rings is 1. The van der Waals surface area contributed by atoms with Crippen molar-refractivity contribution in [3.63, 3.8) is 0 Å². The molecule has 1 aliphatic heterocycles. The Balaban J connectivity index is 1.27. The number of likely N-dealkylation sites (tertiary alicyclic amines) is 1. The van der Waals surface area contributed by atoms with Gasteiger partial charge in [-0.1, -0.05) is 31.4 Å². The fourth-order valence-electron chi connectivity index (χ4n) is 4.85. The predicted octanol–water partition coefficient (Wildman–Crippen LogP) is 4.30. The molecule has 2 fully saturated rings. The molecule has 6 nitrogen and oxygen atoms in total. The molecule has 1 saturated heterocycles. The zero-order valence-electron chi connectivity index (χ0n) is 19.0. The van der Waals surface area contributed by atoms with Crippen LogP contribution in [0.3, 0.4) is 0 Å². The van der Waals surface area contributed by atoms with Gasteiger partial charge in [-0.2, -0.15) is 0 Å². The van der Waals surface area contributed by atoms with Gasteiger partial charge in [-0.05, 0) is 75.5 Å². The number of anilines is 1. The number of hydrogen-bond donors (Lipinski definition) is 2. The predicted molar refractivity (Wildman–Crippen MR) is 126 cm³/mol. The highest BCUT2D eigenvalue weighted by molar-refractivity contribution is 6.04. The second-order valence-electron chi connectivity index (χ2n) is 9.18. The highest BCUT2D eigenvalue weighted by Crippen LogP contribution is 2.23. The maximum atomic E-state index is 12.6. The first kappa shape index (κ1) is 22.5. The monoisotopic (exact) mass is 434 g/mol. The summed E-state index contributed by atoms with van der Waals surface area (Å²) in [5, 5.41) is 6.28. The molecule has 1 aromatic heterocycles. The van der Waals surface area contributed by atoms with Gasteiger partial charge in [-0.25, -0.2) is 0 Å². The Kier molecular flexibility index (Phi) is 7.53. The van der Waals surface area contributed by atoms with Crippen LogP contribution >= 0.6 is 0 Å². The van der Waals surface area contributed by atoms with Gasteiger partial charge in [-0.15, -0.1) is 0 Å². The standard InChI is InChI=1S/C26H34N4O2/c1-19-24(11-6-14-27-19)26(32)29-23-10-5-7-20(17-23)18-30-15-12-21(13-16-30)25(31)28-22-8-3-2-4-9-22/h5-7,10-11,14,17,21-22H,2-4,8-9,12-13,15-16,18H2,1H3,(H,28,31)(H,29,32). The Morgan fingerprint density at radius 1 is 1.03 bits per heavy atom. The summed E-state index contributed by atoms with van der Waals surface area (Å²) in [5.41, 5.74) is 3.26. The van der Waals surface area contributed by atoms with Gasteiger partial charge < -0.3 is 10.6 Å². The summed E-state index contributed by atoms with van der Waals surface area (Å²) in [6.45, 7) is 4.51. The summed E-state index contributed by atoms with van der Waals surface area (Å²) >= 11 is 0. The molecular weight excluding hydrogens is 400 g/mol. The van der Waals surface area contributed by atoms with Gasteiger partial charge in [0.25, 0.3) is 5.91 Å². The van der Waals surface area contributed by atoms with E-state index in [1.807, 2.05) is 25.1 Å². The fourth-order valence-corrected chi connectivity index (χ4v) is 4.85. The lowest BCUT2D eigenvalue weighted by atomic mass is 9.92. The van der Waals surface area contributed by atoms with Gasteiger partial charge >= 0.3 is 0 Å².